The lowest BCUT2D eigenvalue weighted by atomic mass is 10.1. The number of anilines is 1. The van der Waals surface area contributed by atoms with Gasteiger partial charge in [-0.05, 0) is 42.3 Å². The second kappa shape index (κ2) is 8.95. The predicted molar refractivity (Wildman–Crippen MR) is 111 cm³/mol. The van der Waals surface area contributed by atoms with Crippen LogP contribution in [0.2, 0.25) is 0 Å². The zero-order valence-electron chi connectivity index (χ0n) is 15.7. The number of methoxy groups -OCH3 is 1. The highest BCUT2D eigenvalue weighted by molar-refractivity contribution is 7.92. The fourth-order valence-electron chi connectivity index (χ4n) is 2.38. The van der Waals surface area contributed by atoms with Crippen molar-refractivity contribution in [2.24, 2.45) is 0 Å². The summed E-state index contributed by atoms with van der Waals surface area (Å²) in [6.45, 7) is 0. The van der Waals surface area contributed by atoms with Crippen molar-refractivity contribution >= 4 is 39.3 Å². The van der Waals surface area contributed by atoms with Crippen molar-refractivity contribution in [2.45, 2.75) is 5.03 Å². The number of carbonyl (C=O) groups is 2. The molecular weight excluding hydrogens is 447 g/mol. The maximum absolute atomic E-state index is 13.4. The van der Waals surface area contributed by atoms with Crippen LogP contribution in [0, 0.1) is 17.7 Å². The number of hydrogen-bond donors (Lipinski definition) is 2. The van der Waals surface area contributed by atoms with Crippen LogP contribution in [0.15, 0.2) is 46.8 Å². The number of carbonyl (C=O) groups excluding carboxylic acids is 1. The highest BCUT2D eigenvalue weighted by atomic mass is 32.2. The van der Waals surface area contributed by atoms with Gasteiger partial charge in [0.05, 0.1) is 23.9 Å². The molecule has 158 valence electrons. The summed E-state index contributed by atoms with van der Waals surface area (Å²) in [7, 11) is -2.82. The van der Waals surface area contributed by atoms with Crippen LogP contribution in [0.1, 0.15) is 31.3 Å². The quantitative estimate of drug-likeness (QED) is 0.428. The molecule has 0 saturated carbocycles. The van der Waals surface area contributed by atoms with E-state index in [4.69, 9.17) is 9.84 Å². The minimum absolute atomic E-state index is 0.0287. The molecule has 0 atom stereocenters. The second-order valence-electron chi connectivity index (χ2n) is 5.92. The number of thiazole rings is 1. The highest BCUT2D eigenvalue weighted by Gasteiger charge is 2.20. The number of ether oxygens (including phenoxy) is 1. The molecule has 3 aromatic rings. The summed E-state index contributed by atoms with van der Waals surface area (Å²) in [5, 5.41) is 10.2. The fourth-order valence-corrected chi connectivity index (χ4v) is 4.39. The first-order chi connectivity index (χ1) is 14.7. The van der Waals surface area contributed by atoms with Gasteiger partial charge in [0.2, 0.25) is 0 Å². The first-order valence-corrected chi connectivity index (χ1v) is 10.8. The van der Waals surface area contributed by atoms with Gasteiger partial charge in [0.25, 0.3) is 10.0 Å². The molecule has 0 unspecified atom stereocenters. The summed E-state index contributed by atoms with van der Waals surface area (Å²) < 4.78 is 46.0. The molecule has 11 heteroatoms. The lowest BCUT2D eigenvalue weighted by molar-refractivity contribution is 0.0696. The van der Waals surface area contributed by atoms with Gasteiger partial charge in [-0.25, -0.2) is 14.2 Å². The van der Waals surface area contributed by atoms with E-state index in [1.165, 1.54) is 42.8 Å². The third-order valence-corrected chi connectivity index (χ3v) is 6.04. The maximum atomic E-state index is 13.4. The number of carboxylic acid groups (broad SMARTS) is 1. The summed E-state index contributed by atoms with van der Waals surface area (Å²) >= 11 is 0.979. The lowest BCUT2D eigenvalue weighted by Crippen LogP contribution is -2.14. The number of nitrogens with zero attached hydrogens (tertiary/aromatic N) is 1. The molecule has 1 heterocycles. The van der Waals surface area contributed by atoms with E-state index < -0.39 is 21.8 Å². The minimum atomic E-state index is -4.10. The molecule has 0 amide bonds. The van der Waals surface area contributed by atoms with Gasteiger partial charge in [-0.15, -0.1) is 11.3 Å². The smallest absolute Gasteiger partial charge is 0.335 e. The van der Waals surface area contributed by atoms with Gasteiger partial charge in [0, 0.05) is 10.9 Å². The van der Waals surface area contributed by atoms with E-state index in [2.05, 4.69) is 21.5 Å². The number of sulfonamides is 1. The average Bonchev–Trinajstić information content (AvgIpc) is 3.23. The molecule has 0 aliphatic heterocycles. The van der Waals surface area contributed by atoms with Gasteiger partial charge < -0.3 is 9.84 Å². The third-order valence-electron chi connectivity index (χ3n) is 3.89. The largest absolute Gasteiger partial charge is 0.495 e. The van der Waals surface area contributed by atoms with E-state index in [0.717, 1.165) is 17.4 Å². The number of halogens is 1. The summed E-state index contributed by atoms with van der Waals surface area (Å²) in [6, 6.07) is 7.46. The molecule has 2 aromatic carbocycles. The SMILES string of the molecule is COc1cc(C(=O)O)ccc1NS(=O)(=O)c1csc(C#Cc2ccc(F)c(C=O)c2)n1. The van der Waals surface area contributed by atoms with Crippen molar-refractivity contribution in [3.8, 4) is 17.6 Å². The molecule has 31 heavy (non-hydrogen) atoms. The summed E-state index contributed by atoms with van der Waals surface area (Å²) in [4.78, 5) is 25.8. The normalized spacial score (nSPS) is 10.6. The van der Waals surface area contributed by atoms with E-state index in [-0.39, 0.29) is 32.6 Å². The van der Waals surface area contributed by atoms with Gasteiger partial charge >= 0.3 is 5.97 Å². The first-order valence-electron chi connectivity index (χ1n) is 8.40. The van der Waals surface area contributed by atoms with Gasteiger partial charge in [0.15, 0.2) is 16.3 Å². The molecule has 2 N–H and O–H groups in total. The number of benzene rings is 2. The molecule has 0 saturated heterocycles. The molecule has 0 spiro atoms. The monoisotopic (exact) mass is 460 g/mol. The third kappa shape index (κ3) is 5.06. The second-order valence-corrected chi connectivity index (χ2v) is 8.41. The number of carboxylic acids is 1. The Morgan fingerprint density at radius 2 is 2.03 bits per heavy atom. The van der Waals surface area contributed by atoms with Gasteiger partial charge in [-0.2, -0.15) is 8.42 Å². The van der Waals surface area contributed by atoms with E-state index >= 15 is 0 Å². The van der Waals surface area contributed by atoms with Crippen LogP contribution in [0.3, 0.4) is 0 Å². The van der Waals surface area contributed by atoms with Crippen LogP contribution in [-0.4, -0.2) is 37.9 Å². The minimum Gasteiger partial charge on any atom is -0.495 e. The molecule has 0 aliphatic rings. The van der Waals surface area contributed by atoms with Crippen LogP contribution >= 0.6 is 11.3 Å². The number of aromatic carboxylic acids is 1. The lowest BCUT2D eigenvalue weighted by Gasteiger charge is -2.11. The van der Waals surface area contributed by atoms with E-state index in [1.807, 2.05) is 0 Å². The van der Waals surface area contributed by atoms with Crippen LogP contribution in [0.25, 0.3) is 0 Å². The Balaban J connectivity index is 1.84. The summed E-state index contributed by atoms with van der Waals surface area (Å²) in [6.07, 6.45) is 0.373. The number of aldehydes is 1. The van der Waals surface area contributed by atoms with Gasteiger partial charge in [-0.1, -0.05) is 5.92 Å². The Hall–Kier alpha value is -3.75. The Kier molecular flexibility index (Phi) is 6.33. The average molecular weight is 460 g/mol. The number of nitrogens with one attached hydrogen (secondary N) is 1. The van der Waals surface area contributed by atoms with E-state index in [0.29, 0.717) is 11.8 Å². The van der Waals surface area contributed by atoms with Crippen LogP contribution in [0.4, 0.5) is 10.1 Å². The summed E-state index contributed by atoms with van der Waals surface area (Å²) in [5.74, 6) is 3.54. The first kappa shape index (κ1) is 21.9. The van der Waals surface area contributed by atoms with Crippen molar-refractivity contribution in [3.05, 3.63) is 69.3 Å². The summed E-state index contributed by atoms with van der Waals surface area (Å²) in [5.41, 5.74) is 0.205. The Morgan fingerprint density at radius 3 is 2.71 bits per heavy atom. The Morgan fingerprint density at radius 1 is 1.26 bits per heavy atom. The molecule has 8 nitrogen and oxygen atoms in total. The van der Waals surface area contributed by atoms with Gasteiger partial charge in [0.1, 0.15) is 11.6 Å². The number of hydrogen-bond acceptors (Lipinski definition) is 7. The fraction of sp³-hybridized carbons (Fsp3) is 0.0500. The zero-order valence-corrected chi connectivity index (χ0v) is 17.4. The molecule has 0 bridgehead atoms. The number of rotatable bonds is 6. The van der Waals surface area contributed by atoms with Crippen molar-refractivity contribution in [1.29, 1.82) is 0 Å². The molecule has 1 aromatic heterocycles. The zero-order chi connectivity index (χ0) is 22.6. The molecular formula is C20H13FN2O6S2. The Bertz CT molecular complexity index is 1340. The van der Waals surface area contributed by atoms with Crippen molar-refractivity contribution in [2.75, 3.05) is 11.8 Å². The van der Waals surface area contributed by atoms with Crippen molar-refractivity contribution in [3.63, 3.8) is 0 Å². The maximum Gasteiger partial charge on any atom is 0.335 e. The van der Waals surface area contributed by atoms with Crippen LogP contribution in [0.5, 0.6) is 5.75 Å². The Labute approximate surface area is 180 Å². The molecule has 0 aliphatic carbocycles. The molecule has 0 radical (unpaired) electrons. The predicted octanol–water partition coefficient (Wildman–Crippen LogP) is 3.00. The topological polar surface area (TPSA) is 123 Å². The number of aromatic nitrogens is 1. The van der Waals surface area contributed by atoms with Crippen molar-refractivity contribution < 1.29 is 32.2 Å². The van der Waals surface area contributed by atoms with E-state index in [1.54, 1.807) is 0 Å². The van der Waals surface area contributed by atoms with Crippen LogP contribution in [-0.2, 0) is 10.0 Å². The molecule has 3 rings (SSSR count). The molecule has 0 fully saturated rings. The van der Waals surface area contributed by atoms with Gasteiger partial charge in [-0.3, -0.25) is 9.52 Å². The highest BCUT2D eigenvalue weighted by Crippen LogP contribution is 2.28. The standard InChI is InChI=1S/C20H13FN2O6S2/c1-29-17-9-13(20(25)26)4-6-16(17)23-31(27,28)19-11-30-18(22-19)7-3-12-2-5-15(21)14(8-12)10-24/h2,4-6,8-11,23H,1H3,(H,25,26). The van der Waals surface area contributed by atoms with Crippen LogP contribution < -0.4 is 9.46 Å². The van der Waals surface area contributed by atoms with E-state index in [9.17, 15) is 22.4 Å². The van der Waals surface area contributed by atoms with Crippen molar-refractivity contribution in [1.82, 2.24) is 4.98 Å².